The fraction of sp³-hybridized carbons (Fsp3) is 0.462. The highest BCUT2D eigenvalue weighted by molar-refractivity contribution is 7.87. The van der Waals surface area contributed by atoms with Crippen LogP contribution in [0.25, 0.3) is 0 Å². The normalized spacial score (nSPS) is 23.1. The maximum Gasteiger partial charge on any atom is 0.426 e. The fourth-order valence-corrected chi connectivity index (χ4v) is 6.34. The number of ether oxygens (including phenoxy) is 5. The SMILES string of the molecule is COCOCC1CC1c1cc(F)ccc1S(=O)N(C(=O)OC)c1ccc2c(c1C(=O)OC)OC[C@@H]1C[C@H]21.O. The van der Waals surface area contributed by atoms with Gasteiger partial charge in [0.1, 0.15) is 23.9 Å². The molecule has 0 radical (unpaired) electrons. The van der Waals surface area contributed by atoms with Crippen molar-refractivity contribution in [3.05, 3.63) is 52.8 Å². The van der Waals surface area contributed by atoms with Crippen LogP contribution in [0.1, 0.15) is 46.2 Å². The molecule has 2 fully saturated rings. The van der Waals surface area contributed by atoms with E-state index in [2.05, 4.69) is 0 Å². The van der Waals surface area contributed by atoms with Gasteiger partial charge in [-0.3, -0.25) is 0 Å². The van der Waals surface area contributed by atoms with E-state index < -0.39 is 28.9 Å². The minimum atomic E-state index is -2.19. The smallest absolute Gasteiger partial charge is 0.426 e. The summed E-state index contributed by atoms with van der Waals surface area (Å²) in [6.45, 7) is 0.987. The lowest BCUT2D eigenvalue weighted by molar-refractivity contribution is -0.0348. The second-order valence-corrected chi connectivity index (χ2v) is 10.7. The van der Waals surface area contributed by atoms with Crippen molar-refractivity contribution in [1.29, 1.82) is 0 Å². The van der Waals surface area contributed by atoms with Crippen molar-refractivity contribution in [3.8, 4) is 5.75 Å². The first-order valence-electron chi connectivity index (χ1n) is 11.9. The maximum absolute atomic E-state index is 14.3. The number of carbonyl (C=O) groups excluding carboxylic acids is 2. The van der Waals surface area contributed by atoms with Gasteiger partial charge in [0.2, 0.25) is 0 Å². The van der Waals surface area contributed by atoms with Crippen LogP contribution >= 0.6 is 0 Å². The highest BCUT2D eigenvalue weighted by Crippen LogP contribution is 2.56. The summed E-state index contributed by atoms with van der Waals surface area (Å²) < 4.78 is 55.5. The van der Waals surface area contributed by atoms with Crippen molar-refractivity contribution in [2.75, 3.05) is 45.6 Å². The number of halogens is 1. The number of nitrogens with zero attached hydrogens (tertiary/aromatic N) is 1. The summed E-state index contributed by atoms with van der Waals surface area (Å²) in [6.07, 6.45) is 0.711. The topological polar surface area (TPSA) is 132 Å². The first-order valence-corrected chi connectivity index (χ1v) is 13.0. The Morgan fingerprint density at radius 2 is 1.87 bits per heavy atom. The van der Waals surface area contributed by atoms with Gasteiger partial charge in [0, 0.05) is 13.0 Å². The third kappa shape index (κ3) is 5.13. The van der Waals surface area contributed by atoms with Gasteiger partial charge < -0.3 is 29.2 Å². The Morgan fingerprint density at radius 1 is 1.08 bits per heavy atom. The summed E-state index contributed by atoms with van der Waals surface area (Å²) in [5.41, 5.74) is 1.40. The molecule has 3 unspecified atom stereocenters. The molecule has 38 heavy (non-hydrogen) atoms. The van der Waals surface area contributed by atoms with E-state index in [0.717, 1.165) is 23.4 Å². The average molecular weight is 552 g/mol. The number of rotatable bonds is 9. The first kappa shape index (κ1) is 28.0. The zero-order chi connectivity index (χ0) is 26.3. The Hall–Kier alpha value is -3.06. The molecule has 2 aromatic rings. The van der Waals surface area contributed by atoms with Gasteiger partial charge in [-0.1, -0.05) is 6.07 Å². The van der Waals surface area contributed by atoms with E-state index in [1.54, 1.807) is 12.1 Å². The van der Waals surface area contributed by atoms with Crippen molar-refractivity contribution in [3.63, 3.8) is 0 Å². The van der Waals surface area contributed by atoms with Crippen LogP contribution in [0.3, 0.4) is 0 Å². The molecular formula is C26H30FNO9S. The monoisotopic (exact) mass is 551 g/mol. The summed E-state index contributed by atoms with van der Waals surface area (Å²) in [5, 5.41) is 0. The van der Waals surface area contributed by atoms with Crippen molar-refractivity contribution in [2.24, 2.45) is 11.8 Å². The number of esters is 1. The van der Waals surface area contributed by atoms with Crippen LogP contribution < -0.4 is 9.04 Å². The molecule has 3 aliphatic rings. The second kappa shape index (κ2) is 11.4. The van der Waals surface area contributed by atoms with Gasteiger partial charge in [0.15, 0.2) is 11.0 Å². The first-order chi connectivity index (χ1) is 17.9. The fourth-order valence-electron chi connectivity index (χ4n) is 5.01. The molecule has 5 rings (SSSR count). The zero-order valence-electron chi connectivity index (χ0n) is 21.2. The molecule has 206 valence electrons. The number of anilines is 1. The van der Waals surface area contributed by atoms with Crippen LogP contribution in [0.15, 0.2) is 35.2 Å². The summed E-state index contributed by atoms with van der Waals surface area (Å²) in [4.78, 5) is 26.2. The van der Waals surface area contributed by atoms with Gasteiger partial charge in [0.05, 0.1) is 38.0 Å². The standard InChI is InChI=1S/C26H28FNO8S.H2O/c1-32-13-35-11-14-8-19(14)20-10-16(27)4-7-22(20)37(31)28(26(30)34-3)21-6-5-17-18-9-15(18)12-36-24(17)23(21)25(29)33-2;/h4-7,10,14-15,18-19H,8-9,11-13H2,1-3H3;1H2/t14?,15-,18-,19?,37?;/m0./s1. The highest BCUT2D eigenvalue weighted by Gasteiger charge is 2.47. The van der Waals surface area contributed by atoms with Gasteiger partial charge in [0.25, 0.3) is 0 Å². The molecule has 0 bridgehead atoms. The molecule has 12 heteroatoms. The lowest BCUT2D eigenvalue weighted by Crippen LogP contribution is -2.35. The van der Waals surface area contributed by atoms with Gasteiger partial charge in [-0.25, -0.2) is 18.2 Å². The van der Waals surface area contributed by atoms with Gasteiger partial charge in [-0.2, -0.15) is 4.31 Å². The van der Waals surface area contributed by atoms with Crippen molar-refractivity contribution >= 4 is 28.7 Å². The second-order valence-electron chi connectivity index (χ2n) is 9.36. The number of fused-ring (bicyclic) bond motifs is 3. The summed E-state index contributed by atoms with van der Waals surface area (Å²) in [6, 6.07) is 7.25. The number of amides is 1. The summed E-state index contributed by atoms with van der Waals surface area (Å²) >= 11 is 0. The van der Waals surface area contributed by atoms with Crippen LogP contribution in [0.4, 0.5) is 14.9 Å². The molecule has 10 nitrogen and oxygen atoms in total. The van der Waals surface area contributed by atoms with Crippen molar-refractivity contribution < 1.29 is 47.3 Å². The van der Waals surface area contributed by atoms with Gasteiger partial charge >= 0.3 is 12.1 Å². The van der Waals surface area contributed by atoms with Crippen LogP contribution in [-0.4, -0.2) is 63.1 Å². The van der Waals surface area contributed by atoms with Crippen molar-refractivity contribution in [1.82, 2.24) is 0 Å². The number of carbonyl (C=O) groups is 2. The Morgan fingerprint density at radius 3 is 2.58 bits per heavy atom. The van der Waals surface area contributed by atoms with E-state index in [1.807, 2.05) is 0 Å². The Kier molecular flexibility index (Phi) is 8.36. The molecule has 0 saturated heterocycles. The van der Waals surface area contributed by atoms with Crippen molar-refractivity contribution in [2.45, 2.75) is 29.6 Å². The largest absolute Gasteiger partial charge is 0.492 e. The van der Waals surface area contributed by atoms with Gasteiger partial charge in [-0.15, -0.1) is 0 Å². The van der Waals surface area contributed by atoms with E-state index in [-0.39, 0.29) is 46.2 Å². The predicted molar refractivity (Wildman–Crippen MR) is 134 cm³/mol. The van der Waals surface area contributed by atoms with E-state index in [9.17, 15) is 18.2 Å². The van der Waals surface area contributed by atoms with E-state index in [0.29, 0.717) is 36.9 Å². The Bertz CT molecular complexity index is 1260. The number of benzene rings is 2. The van der Waals surface area contributed by atoms with Crippen LogP contribution in [0, 0.1) is 17.7 Å². The molecule has 0 aromatic heterocycles. The molecule has 2 aliphatic carbocycles. The average Bonchev–Trinajstić information content (AvgIpc) is 3.83. The molecule has 2 saturated carbocycles. The Balaban J connectivity index is 0.00000336. The molecule has 5 atom stereocenters. The molecule has 2 N–H and O–H groups in total. The molecular weight excluding hydrogens is 521 g/mol. The van der Waals surface area contributed by atoms with Gasteiger partial charge in [-0.05, 0) is 66.0 Å². The molecule has 2 aromatic carbocycles. The van der Waals surface area contributed by atoms with Crippen LogP contribution in [0.5, 0.6) is 5.75 Å². The summed E-state index contributed by atoms with van der Waals surface area (Å²) in [5.74, 6) is -0.233. The number of hydrogen-bond donors (Lipinski definition) is 0. The minimum absolute atomic E-state index is 0. The third-order valence-electron chi connectivity index (χ3n) is 7.06. The molecule has 1 aliphatic heterocycles. The summed E-state index contributed by atoms with van der Waals surface area (Å²) in [7, 11) is 1.72. The lowest BCUT2D eigenvalue weighted by Gasteiger charge is -2.26. The number of hydrogen-bond acceptors (Lipinski definition) is 8. The van der Waals surface area contributed by atoms with E-state index in [1.165, 1.54) is 32.4 Å². The lowest BCUT2D eigenvalue weighted by atomic mass is 10.00. The van der Waals surface area contributed by atoms with Crippen LogP contribution in [0.2, 0.25) is 0 Å². The van der Waals surface area contributed by atoms with E-state index >= 15 is 0 Å². The van der Waals surface area contributed by atoms with Crippen LogP contribution in [-0.2, 0) is 29.9 Å². The maximum atomic E-state index is 14.3. The molecule has 1 heterocycles. The minimum Gasteiger partial charge on any atom is -0.492 e. The number of methoxy groups -OCH3 is 3. The zero-order valence-corrected chi connectivity index (χ0v) is 22.0. The predicted octanol–water partition coefficient (Wildman–Crippen LogP) is 3.30. The third-order valence-corrected chi connectivity index (χ3v) is 8.49. The van der Waals surface area contributed by atoms with E-state index in [4.69, 9.17) is 23.7 Å². The highest BCUT2D eigenvalue weighted by atomic mass is 32.2. The molecule has 1 amide bonds. The Labute approximate surface area is 221 Å². The quantitative estimate of drug-likeness (QED) is 0.263. The molecule has 0 spiro atoms.